The molecule has 0 bridgehead atoms. The fraction of sp³-hybridized carbons (Fsp3) is 0.630. The number of nitrogens with zero attached hydrogens (tertiary/aromatic N) is 1. The van der Waals surface area contributed by atoms with E-state index < -0.39 is 17.7 Å². The topological polar surface area (TPSA) is 55.8 Å². The molecule has 1 heterocycles. The third-order valence-corrected chi connectivity index (χ3v) is 6.55. The first-order valence-corrected chi connectivity index (χ1v) is 12.1. The normalized spacial score (nSPS) is 27.2. The van der Waals surface area contributed by atoms with Gasteiger partial charge >= 0.3 is 12.1 Å². The number of carbonyl (C=O) groups is 2. The van der Waals surface area contributed by atoms with Crippen LogP contribution in [0.1, 0.15) is 72.8 Å². The van der Waals surface area contributed by atoms with Crippen molar-refractivity contribution in [3.8, 4) is 0 Å². The minimum Gasteiger partial charge on any atom is -0.461 e. The third-order valence-electron chi connectivity index (χ3n) is 6.55. The second-order valence-electron chi connectivity index (χ2n) is 11.0. The molecule has 1 amide bonds. The Labute approximate surface area is 197 Å². The summed E-state index contributed by atoms with van der Waals surface area (Å²) in [5.41, 5.74) is 0.886. The quantitative estimate of drug-likeness (QED) is 0.502. The van der Waals surface area contributed by atoms with Gasteiger partial charge in [0.1, 0.15) is 23.6 Å². The molecule has 0 aromatic heterocycles. The van der Waals surface area contributed by atoms with E-state index in [4.69, 9.17) is 9.47 Å². The first-order chi connectivity index (χ1) is 15.4. The van der Waals surface area contributed by atoms with Gasteiger partial charge in [0.25, 0.3) is 0 Å². The third kappa shape index (κ3) is 6.81. The summed E-state index contributed by atoms with van der Waals surface area (Å²) in [4.78, 5) is 27.8. The van der Waals surface area contributed by atoms with Crippen molar-refractivity contribution in [1.82, 2.24) is 4.90 Å². The van der Waals surface area contributed by atoms with E-state index >= 15 is 0 Å². The van der Waals surface area contributed by atoms with Crippen LogP contribution in [0.4, 0.5) is 9.18 Å². The van der Waals surface area contributed by atoms with Gasteiger partial charge in [-0.1, -0.05) is 45.4 Å². The second-order valence-corrected chi connectivity index (χ2v) is 11.0. The van der Waals surface area contributed by atoms with E-state index in [-0.39, 0.29) is 24.4 Å². The Hall–Kier alpha value is -2.37. The van der Waals surface area contributed by atoms with Gasteiger partial charge < -0.3 is 9.47 Å². The molecule has 1 aromatic carbocycles. The van der Waals surface area contributed by atoms with E-state index in [1.54, 1.807) is 32.9 Å². The molecule has 1 aliphatic heterocycles. The lowest BCUT2D eigenvalue weighted by atomic mass is 9.75. The molecule has 1 aliphatic carbocycles. The van der Waals surface area contributed by atoms with Crippen molar-refractivity contribution in [3.63, 3.8) is 0 Å². The number of likely N-dealkylation sites (tertiary alicyclic amines) is 1. The molecule has 1 saturated heterocycles. The highest BCUT2D eigenvalue weighted by Crippen LogP contribution is 2.36. The first-order valence-electron chi connectivity index (χ1n) is 12.1. The lowest BCUT2D eigenvalue weighted by Gasteiger charge is -2.37. The summed E-state index contributed by atoms with van der Waals surface area (Å²) in [6.07, 6.45) is 4.55. The largest absolute Gasteiger partial charge is 0.461 e. The predicted molar refractivity (Wildman–Crippen MR) is 127 cm³/mol. The maximum Gasteiger partial charge on any atom is 0.411 e. The number of esters is 1. The van der Waals surface area contributed by atoms with E-state index in [1.807, 2.05) is 6.08 Å². The van der Waals surface area contributed by atoms with Crippen LogP contribution in [-0.4, -0.2) is 41.3 Å². The van der Waals surface area contributed by atoms with Gasteiger partial charge in [-0.25, -0.2) is 14.0 Å². The highest BCUT2D eigenvalue weighted by molar-refractivity contribution is 5.84. The van der Waals surface area contributed by atoms with Gasteiger partial charge in [0, 0.05) is 13.0 Å². The molecule has 5 nitrogen and oxygen atoms in total. The monoisotopic (exact) mass is 459 g/mol. The van der Waals surface area contributed by atoms with Crippen molar-refractivity contribution < 1.29 is 23.5 Å². The van der Waals surface area contributed by atoms with Crippen LogP contribution < -0.4 is 0 Å². The van der Waals surface area contributed by atoms with Crippen LogP contribution >= 0.6 is 0 Å². The van der Waals surface area contributed by atoms with Crippen molar-refractivity contribution >= 4 is 18.1 Å². The minimum absolute atomic E-state index is 0.141. The number of ether oxygens (including phenoxy) is 2. The molecule has 182 valence electrons. The van der Waals surface area contributed by atoms with Gasteiger partial charge in [-0.2, -0.15) is 0 Å². The van der Waals surface area contributed by atoms with Crippen molar-refractivity contribution in [3.05, 3.63) is 41.2 Å². The molecule has 2 fully saturated rings. The minimum atomic E-state index is -0.746. The van der Waals surface area contributed by atoms with Crippen molar-refractivity contribution in [1.29, 1.82) is 0 Å². The summed E-state index contributed by atoms with van der Waals surface area (Å²) in [5, 5.41) is 0. The maximum absolute atomic E-state index is 13.6. The van der Waals surface area contributed by atoms with E-state index in [1.165, 1.54) is 17.0 Å². The van der Waals surface area contributed by atoms with Crippen molar-refractivity contribution in [2.24, 2.45) is 17.8 Å². The summed E-state index contributed by atoms with van der Waals surface area (Å²) in [5.74, 6) is 0.543. The average Bonchev–Trinajstić information content (AvgIpc) is 3.10. The van der Waals surface area contributed by atoms with Gasteiger partial charge in [-0.3, -0.25) is 4.90 Å². The number of rotatable bonds is 4. The van der Waals surface area contributed by atoms with Gasteiger partial charge in [0.15, 0.2) is 0 Å². The highest BCUT2D eigenvalue weighted by atomic mass is 19.1. The van der Waals surface area contributed by atoms with Gasteiger partial charge in [-0.15, -0.1) is 0 Å². The number of hydrogen-bond donors (Lipinski definition) is 0. The molecular weight excluding hydrogens is 421 g/mol. The number of benzene rings is 1. The molecule has 0 radical (unpaired) electrons. The van der Waals surface area contributed by atoms with Crippen LogP contribution in [0, 0.1) is 23.6 Å². The average molecular weight is 460 g/mol. The van der Waals surface area contributed by atoms with Gasteiger partial charge in [0.05, 0.1) is 0 Å². The van der Waals surface area contributed by atoms with Crippen molar-refractivity contribution in [2.45, 2.75) is 85.0 Å². The molecule has 1 aromatic rings. The summed E-state index contributed by atoms with van der Waals surface area (Å²) in [7, 11) is 0. The molecule has 4 atom stereocenters. The zero-order valence-electron chi connectivity index (χ0n) is 20.8. The highest BCUT2D eigenvalue weighted by Gasteiger charge is 2.42. The molecule has 0 unspecified atom stereocenters. The first kappa shape index (κ1) is 25.3. The van der Waals surface area contributed by atoms with Crippen LogP contribution in [0.15, 0.2) is 29.8 Å². The lowest BCUT2D eigenvalue weighted by Crippen LogP contribution is -2.46. The van der Waals surface area contributed by atoms with Crippen LogP contribution in [0.3, 0.4) is 0 Å². The lowest BCUT2D eigenvalue weighted by molar-refractivity contribution is -0.161. The Morgan fingerprint density at radius 1 is 1.21 bits per heavy atom. The Morgan fingerprint density at radius 2 is 1.94 bits per heavy atom. The maximum atomic E-state index is 13.6. The predicted octanol–water partition coefficient (Wildman–Crippen LogP) is 6.22. The fourth-order valence-corrected chi connectivity index (χ4v) is 4.89. The van der Waals surface area contributed by atoms with Crippen LogP contribution in [0.2, 0.25) is 0 Å². The standard InChI is InChI=1S/C27H38FNO4/c1-17(2)22-11-10-18(3)12-24(22)32-25(30)23-15-20(13-19-8-7-9-21(28)14-19)16-29(23)26(31)33-27(4,5)6/h7-9,13-14,17-18,22-24H,10-12,15-16H2,1-6H3/b20-13+/t18-,22+,23+,24-/m1/s1. The zero-order valence-corrected chi connectivity index (χ0v) is 20.8. The Bertz CT molecular complexity index is 888. The summed E-state index contributed by atoms with van der Waals surface area (Å²) in [6, 6.07) is 5.53. The summed E-state index contributed by atoms with van der Waals surface area (Å²) >= 11 is 0. The molecule has 6 heteroatoms. The molecule has 0 N–H and O–H groups in total. The number of halogens is 1. The molecular formula is C27H38FNO4. The van der Waals surface area contributed by atoms with Crippen LogP contribution in [0.25, 0.3) is 6.08 Å². The Balaban J connectivity index is 1.82. The van der Waals surface area contributed by atoms with Crippen LogP contribution in [0.5, 0.6) is 0 Å². The van der Waals surface area contributed by atoms with E-state index in [0.717, 1.165) is 24.8 Å². The molecule has 0 spiro atoms. The van der Waals surface area contributed by atoms with E-state index in [0.29, 0.717) is 29.7 Å². The van der Waals surface area contributed by atoms with E-state index in [2.05, 4.69) is 20.8 Å². The Kier molecular flexibility index (Phi) is 7.86. The van der Waals surface area contributed by atoms with Gasteiger partial charge in [0.2, 0.25) is 0 Å². The van der Waals surface area contributed by atoms with Crippen LogP contribution in [-0.2, 0) is 14.3 Å². The zero-order chi connectivity index (χ0) is 24.3. The van der Waals surface area contributed by atoms with E-state index in [9.17, 15) is 14.0 Å². The molecule has 1 saturated carbocycles. The Morgan fingerprint density at radius 3 is 2.58 bits per heavy atom. The van der Waals surface area contributed by atoms with Crippen molar-refractivity contribution in [2.75, 3.05) is 6.54 Å². The van der Waals surface area contributed by atoms with Gasteiger partial charge in [-0.05, 0) is 74.6 Å². The molecule has 3 rings (SSSR count). The summed E-state index contributed by atoms with van der Waals surface area (Å²) in [6.45, 7) is 12.2. The second kappa shape index (κ2) is 10.3. The smallest absolute Gasteiger partial charge is 0.411 e. The number of amides is 1. The molecule has 2 aliphatic rings. The SMILES string of the molecule is CC(C)[C@@H]1CC[C@@H](C)C[C@H]1OC(=O)[C@@H]1C/C(=C\c2cccc(F)c2)CN1C(=O)OC(C)(C)C. The molecule has 33 heavy (non-hydrogen) atoms. The summed E-state index contributed by atoms with van der Waals surface area (Å²) < 4.78 is 25.3. The number of carbonyl (C=O) groups excluding carboxylic acids is 2. The fourth-order valence-electron chi connectivity index (χ4n) is 4.89. The number of hydrogen-bond acceptors (Lipinski definition) is 4.